The van der Waals surface area contributed by atoms with Gasteiger partial charge in [0.25, 0.3) is 10.0 Å². The minimum Gasteiger partial charge on any atom is -0.355 e. The van der Waals surface area contributed by atoms with Crippen molar-refractivity contribution in [2.75, 3.05) is 17.4 Å². The maximum Gasteiger partial charge on any atom is 0.264 e. The van der Waals surface area contributed by atoms with Crippen LogP contribution in [0.2, 0.25) is 20.1 Å². The van der Waals surface area contributed by atoms with Crippen molar-refractivity contribution in [1.29, 1.82) is 0 Å². The quantitative estimate of drug-likeness (QED) is 0.264. The Morgan fingerprint density at radius 2 is 1.56 bits per heavy atom. The topological polar surface area (TPSA) is 86.8 Å². The Morgan fingerprint density at radius 3 is 2.15 bits per heavy atom. The molecule has 0 radical (unpaired) electrons. The Balaban J connectivity index is 2.07. The molecule has 1 atom stereocenters. The van der Waals surface area contributed by atoms with E-state index in [1.54, 1.807) is 44.2 Å². The van der Waals surface area contributed by atoms with E-state index in [4.69, 9.17) is 46.4 Å². The minimum atomic E-state index is -4.23. The fourth-order valence-corrected chi connectivity index (χ4v) is 5.98. The van der Waals surface area contributed by atoms with Gasteiger partial charge in [0.1, 0.15) is 12.6 Å². The van der Waals surface area contributed by atoms with Crippen molar-refractivity contribution in [3.63, 3.8) is 0 Å². The highest BCUT2D eigenvalue weighted by Crippen LogP contribution is 2.28. The molecule has 39 heavy (non-hydrogen) atoms. The molecule has 1 N–H and O–H groups in total. The molecule has 0 unspecified atom stereocenters. The average Bonchev–Trinajstić information content (AvgIpc) is 2.89. The van der Waals surface area contributed by atoms with Gasteiger partial charge in [0.05, 0.1) is 20.6 Å². The van der Waals surface area contributed by atoms with Crippen molar-refractivity contribution in [2.45, 2.75) is 37.8 Å². The van der Waals surface area contributed by atoms with Gasteiger partial charge in [0, 0.05) is 23.1 Å². The number of anilines is 1. The molecule has 0 fully saturated rings. The van der Waals surface area contributed by atoms with Gasteiger partial charge in [0.15, 0.2) is 0 Å². The third-order valence-corrected chi connectivity index (χ3v) is 8.86. The van der Waals surface area contributed by atoms with Crippen molar-refractivity contribution in [3.8, 4) is 0 Å². The number of nitrogens with one attached hydrogen (secondary N) is 1. The van der Waals surface area contributed by atoms with Crippen LogP contribution in [0.4, 0.5) is 5.69 Å². The number of sulfonamides is 1. The number of hydrogen-bond acceptors (Lipinski definition) is 4. The number of carbonyl (C=O) groups is 2. The van der Waals surface area contributed by atoms with Crippen molar-refractivity contribution >= 4 is 73.9 Å². The molecule has 0 bridgehead atoms. The van der Waals surface area contributed by atoms with Crippen LogP contribution in [0.15, 0.2) is 71.6 Å². The lowest BCUT2D eigenvalue weighted by molar-refractivity contribution is -0.140. The normalized spacial score (nSPS) is 12.1. The van der Waals surface area contributed by atoms with Gasteiger partial charge in [0.2, 0.25) is 11.8 Å². The predicted octanol–water partition coefficient (Wildman–Crippen LogP) is 6.44. The molecular weight excluding hydrogens is 604 g/mol. The maximum absolute atomic E-state index is 13.9. The van der Waals surface area contributed by atoms with E-state index in [1.165, 1.54) is 41.3 Å². The lowest BCUT2D eigenvalue weighted by atomic mass is 10.1. The van der Waals surface area contributed by atoms with E-state index < -0.39 is 28.5 Å². The molecule has 0 aliphatic rings. The lowest BCUT2D eigenvalue weighted by Gasteiger charge is -2.33. The highest BCUT2D eigenvalue weighted by molar-refractivity contribution is 7.92. The highest BCUT2D eigenvalue weighted by Gasteiger charge is 2.33. The number of rotatable bonds is 11. The number of amides is 2. The van der Waals surface area contributed by atoms with E-state index in [1.807, 2.05) is 0 Å². The van der Waals surface area contributed by atoms with Gasteiger partial charge >= 0.3 is 0 Å². The molecule has 0 heterocycles. The number of nitrogens with zero attached hydrogens (tertiary/aromatic N) is 2. The van der Waals surface area contributed by atoms with Crippen molar-refractivity contribution < 1.29 is 18.0 Å². The SMILES string of the molecule is CCNC(=O)[C@H](CC)N(Cc1ccc(Cl)c(Cl)c1)C(=O)CN(c1cccc(Cl)c1)S(=O)(=O)c1ccc(Cl)cc1. The first-order valence-electron chi connectivity index (χ1n) is 12.0. The maximum atomic E-state index is 13.9. The summed E-state index contributed by atoms with van der Waals surface area (Å²) in [6, 6.07) is 15.8. The van der Waals surface area contributed by atoms with Crippen LogP contribution >= 0.6 is 46.4 Å². The molecule has 0 spiro atoms. The molecular formula is C27H27Cl4N3O4S. The Morgan fingerprint density at radius 1 is 0.872 bits per heavy atom. The second-order valence-corrected chi connectivity index (χ2v) is 12.1. The first kappa shape index (κ1) is 31.0. The molecule has 0 saturated heterocycles. The molecule has 3 aromatic rings. The number of benzene rings is 3. The van der Waals surface area contributed by atoms with E-state index in [0.717, 1.165) is 4.31 Å². The Bertz CT molecular complexity index is 1440. The van der Waals surface area contributed by atoms with Gasteiger partial charge in [-0.25, -0.2) is 8.42 Å². The van der Waals surface area contributed by atoms with Gasteiger partial charge in [-0.3, -0.25) is 13.9 Å². The van der Waals surface area contributed by atoms with E-state index in [2.05, 4.69) is 5.32 Å². The fraction of sp³-hybridized carbons (Fsp3) is 0.259. The summed E-state index contributed by atoms with van der Waals surface area (Å²) in [5.74, 6) is -0.958. The first-order valence-corrected chi connectivity index (χ1v) is 15.0. The van der Waals surface area contributed by atoms with Gasteiger partial charge in [-0.05, 0) is 73.5 Å². The summed E-state index contributed by atoms with van der Waals surface area (Å²) in [5.41, 5.74) is 0.807. The molecule has 0 aliphatic heterocycles. The van der Waals surface area contributed by atoms with Crippen LogP contribution < -0.4 is 9.62 Å². The molecule has 3 rings (SSSR count). The molecule has 7 nitrogen and oxygen atoms in total. The number of likely N-dealkylation sites (N-methyl/N-ethyl adjacent to an activating group) is 1. The summed E-state index contributed by atoms with van der Waals surface area (Å²) in [4.78, 5) is 28.2. The van der Waals surface area contributed by atoms with Crippen molar-refractivity contribution in [2.24, 2.45) is 0 Å². The molecule has 3 aromatic carbocycles. The summed E-state index contributed by atoms with van der Waals surface area (Å²) in [6.07, 6.45) is 0.292. The smallest absolute Gasteiger partial charge is 0.264 e. The number of carbonyl (C=O) groups excluding carboxylic acids is 2. The molecule has 0 saturated carbocycles. The van der Waals surface area contributed by atoms with Crippen LogP contribution in [-0.4, -0.2) is 44.3 Å². The standard InChI is InChI=1S/C27H27Cl4N3O4S/c1-3-25(27(36)32-4-2)33(16-18-8-13-23(30)24(31)14-18)26(35)17-34(21-7-5-6-20(29)15-21)39(37,38)22-11-9-19(28)10-12-22/h5-15,25H,3-4,16-17H2,1-2H3,(H,32,36)/t25-/m0/s1. The lowest BCUT2D eigenvalue weighted by Crippen LogP contribution is -2.52. The number of halogens is 4. The largest absolute Gasteiger partial charge is 0.355 e. The fourth-order valence-electron chi connectivity index (χ4n) is 3.94. The summed E-state index contributed by atoms with van der Waals surface area (Å²) in [6.45, 7) is 3.31. The zero-order valence-electron chi connectivity index (χ0n) is 21.2. The van der Waals surface area contributed by atoms with Crippen LogP contribution in [-0.2, 0) is 26.2 Å². The number of hydrogen-bond donors (Lipinski definition) is 1. The van der Waals surface area contributed by atoms with Gasteiger partial charge in [-0.2, -0.15) is 0 Å². The summed E-state index contributed by atoms with van der Waals surface area (Å²) in [5, 5.41) is 4.03. The monoisotopic (exact) mass is 629 g/mol. The highest BCUT2D eigenvalue weighted by atomic mass is 35.5. The van der Waals surface area contributed by atoms with E-state index in [-0.39, 0.29) is 28.1 Å². The van der Waals surface area contributed by atoms with Gasteiger partial charge in [-0.15, -0.1) is 0 Å². The molecule has 0 aliphatic carbocycles. The second kappa shape index (κ2) is 13.7. The molecule has 208 valence electrons. The molecule has 2 amide bonds. The van der Waals surface area contributed by atoms with E-state index in [0.29, 0.717) is 33.6 Å². The Hall–Kier alpha value is -2.49. The van der Waals surface area contributed by atoms with Gasteiger partial charge in [-0.1, -0.05) is 65.5 Å². The zero-order chi connectivity index (χ0) is 28.7. The summed E-state index contributed by atoms with van der Waals surface area (Å²) >= 11 is 24.4. The zero-order valence-corrected chi connectivity index (χ0v) is 25.0. The summed E-state index contributed by atoms with van der Waals surface area (Å²) in [7, 11) is -4.23. The average molecular weight is 631 g/mol. The van der Waals surface area contributed by atoms with Crippen LogP contribution in [0.25, 0.3) is 0 Å². The van der Waals surface area contributed by atoms with Crippen LogP contribution in [0.5, 0.6) is 0 Å². The third kappa shape index (κ3) is 7.80. The van der Waals surface area contributed by atoms with Crippen LogP contribution in [0.3, 0.4) is 0 Å². The van der Waals surface area contributed by atoms with E-state index in [9.17, 15) is 18.0 Å². The first-order chi connectivity index (χ1) is 18.5. The van der Waals surface area contributed by atoms with Crippen molar-refractivity contribution in [1.82, 2.24) is 10.2 Å². The van der Waals surface area contributed by atoms with Gasteiger partial charge < -0.3 is 10.2 Å². The van der Waals surface area contributed by atoms with Crippen LogP contribution in [0.1, 0.15) is 25.8 Å². The van der Waals surface area contributed by atoms with E-state index >= 15 is 0 Å². The van der Waals surface area contributed by atoms with Crippen molar-refractivity contribution in [3.05, 3.63) is 92.4 Å². The van der Waals surface area contributed by atoms with Crippen LogP contribution in [0, 0.1) is 0 Å². The third-order valence-electron chi connectivity index (χ3n) is 5.85. The summed E-state index contributed by atoms with van der Waals surface area (Å²) < 4.78 is 28.5. The predicted molar refractivity (Wildman–Crippen MR) is 157 cm³/mol. The molecule has 12 heteroatoms. The Kier molecular flexibility index (Phi) is 10.9. The second-order valence-electron chi connectivity index (χ2n) is 8.53. The molecule has 0 aromatic heterocycles. The Labute approximate surface area is 248 Å². The minimum absolute atomic E-state index is 0.00422.